The van der Waals surface area contributed by atoms with E-state index in [0.717, 1.165) is 18.5 Å². The molecule has 3 nitrogen and oxygen atoms in total. The summed E-state index contributed by atoms with van der Waals surface area (Å²) in [5, 5.41) is 0. The van der Waals surface area contributed by atoms with Crippen molar-refractivity contribution in [2.45, 2.75) is 63.5 Å². The van der Waals surface area contributed by atoms with Gasteiger partial charge in [0.05, 0.1) is 0 Å². The van der Waals surface area contributed by atoms with E-state index in [-0.39, 0.29) is 0 Å². The van der Waals surface area contributed by atoms with Crippen molar-refractivity contribution in [2.24, 2.45) is 11.7 Å². The largest absolute Gasteiger partial charge is 0.329 e. The second-order valence-corrected chi connectivity index (χ2v) is 7.03. The number of hydrogen-bond acceptors (Lipinski definition) is 3. The molecule has 1 unspecified atom stereocenters. The Hall–Kier alpha value is -0.120. The third-order valence-electron chi connectivity index (χ3n) is 5.56. The number of likely N-dealkylation sites (tertiary alicyclic amines) is 1. The third-order valence-corrected chi connectivity index (χ3v) is 5.56. The Morgan fingerprint density at radius 1 is 1.21 bits per heavy atom. The fraction of sp³-hybridized carbons (Fsp3) is 1.00. The van der Waals surface area contributed by atoms with Crippen LogP contribution in [-0.2, 0) is 0 Å². The molecule has 2 rings (SSSR count). The molecule has 0 radical (unpaired) electrons. The Morgan fingerprint density at radius 3 is 2.42 bits per heavy atom. The van der Waals surface area contributed by atoms with Crippen molar-refractivity contribution in [2.75, 3.05) is 33.7 Å². The average molecular weight is 267 g/mol. The van der Waals surface area contributed by atoms with E-state index in [1.807, 2.05) is 0 Å². The summed E-state index contributed by atoms with van der Waals surface area (Å²) in [4.78, 5) is 5.13. The molecular weight excluding hydrogens is 234 g/mol. The van der Waals surface area contributed by atoms with Gasteiger partial charge in [-0.25, -0.2) is 0 Å². The number of nitrogens with two attached hydrogens (primary N) is 1. The SMILES string of the molecule is CCC1CCC(CN)(N2CCCC2CN(C)C)CC1. The molecule has 1 atom stereocenters. The molecular formula is C16H33N3. The minimum atomic E-state index is 0.322. The number of likely N-dealkylation sites (N-methyl/N-ethyl adjacent to an activating group) is 1. The monoisotopic (exact) mass is 267 g/mol. The van der Waals surface area contributed by atoms with Gasteiger partial charge in [-0.1, -0.05) is 13.3 Å². The molecule has 112 valence electrons. The lowest BCUT2D eigenvalue weighted by molar-refractivity contribution is 0.0239. The van der Waals surface area contributed by atoms with Crippen LogP contribution in [0.2, 0.25) is 0 Å². The van der Waals surface area contributed by atoms with Gasteiger partial charge < -0.3 is 10.6 Å². The fourth-order valence-corrected chi connectivity index (χ4v) is 4.30. The quantitative estimate of drug-likeness (QED) is 0.829. The van der Waals surface area contributed by atoms with Gasteiger partial charge in [-0.15, -0.1) is 0 Å². The summed E-state index contributed by atoms with van der Waals surface area (Å²) in [6, 6.07) is 0.733. The summed E-state index contributed by atoms with van der Waals surface area (Å²) in [5.41, 5.74) is 6.56. The molecule has 0 aromatic heterocycles. The highest BCUT2D eigenvalue weighted by molar-refractivity contribution is 5.00. The van der Waals surface area contributed by atoms with Crippen molar-refractivity contribution in [3.8, 4) is 0 Å². The third kappa shape index (κ3) is 3.32. The normalized spacial score (nSPS) is 37.1. The van der Waals surface area contributed by atoms with Gasteiger partial charge in [-0.3, -0.25) is 4.90 Å². The summed E-state index contributed by atoms with van der Waals surface area (Å²) >= 11 is 0. The van der Waals surface area contributed by atoms with E-state index >= 15 is 0 Å². The van der Waals surface area contributed by atoms with Crippen LogP contribution < -0.4 is 5.73 Å². The van der Waals surface area contributed by atoms with Gasteiger partial charge in [0.1, 0.15) is 0 Å². The zero-order valence-electron chi connectivity index (χ0n) is 13.2. The summed E-state index contributed by atoms with van der Waals surface area (Å²) in [6.07, 6.45) is 9.49. The predicted molar refractivity (Wildman–Crippen MR) is 82.3 cm³/mol. The molecule has 2 fully saturated rings. The molecule has 1 heterocycles. The van der Waals surface area contributed by atoms with Crippen LogP contribution in [0.4, 0.5) is 0 Å². The van der Waals surface area contributed by atoms with Crippen molar-refractivity contribution >= 4 is 0 Å². The van der Waals surface area contributed by atoms with Crippen LogP contribution in [0.15, 0.2) is 0 Å². The van der Waals surface area contributed by atoms with E-state index in [0.29, 0.717) is 5.54 Å². The lowest BCUT2D eigenvalue weighted by Gasteiger charge is -2.49. The van der Waals surface area contributed by atoms with E-state index in [1.165, 1.54) is 58.0 Å². The van der Waals surface area contributed by atoms with Crippen molar-refractivity contribution in [1.82, 2.24) is 9.80 Å². The van der Waals surface area contributed by atoms with Gasteiger partial charge in [0.25, 0.3) is 0 Å². The van der Waals surface area contributed by atoms with Gasteiger partial charge in [-0.2, -0.15) is 0 Å². The maximum Gasteiger partial charge on any atom is 0.0335 e. The van der Waals surface area contributed by atoms with E-state index < -0.39 is 0 Å². The Balaban J connectivity index is 2.04. The number of hydrogen-bond donors (Lipinski definition) is 1. The van der Waals surface area contributed by atoms with Crippen LogP contribution >= 0.6 is 0 Å². The lowest BCUT2D eigenvalue weighted by atomic mass is 9.74. The second kappa shape index (κ2) is 6.55. The summed E-state index contributed by atoms with van der Waals surface area (Å²) in [7, 11) is 4.39. The van der Waals surface area contributed by atoms with Gasteiger partial charge in [0.2, 0.25) is 0 Å². The molecule has 0 bridgehead atoms. The fourth-order valence-electron chi connectivity index (χ4n) is 4.30. The van der Waals surface area contributed by atoms with Crippen molar-refractivity contribution in [3.63, 3.8) is 0 Å². The van der Waals surface area contributed by atoms with Crippen molar-refractivity contribution in [1.29, 1.82) is 0 Å². The maximum absolute atomic E-state index is 6.24. The second-order valence-electron chi connectivity index (χ2n) is 7.03. The molecule has 2 N–H and O–H groups in total. The van der Waals surface area contributed by atoms with Crippen LogP contribution in [0.5, 0.6) is 0 Å². The predicted octanol–water partition coefficient (Wildman–Crippen LogP) is 2.31. The smallest absolute Gasteiger partial charge is 0.0335 e. The molecule has 1 aliphatic heterocycles. The molecule has 0 spiro atoms. The molecule has 2 aliphatic rings. The Morgan fingerprint density at radius 2 is 1.89 bits per heavy atom. The Labute approximate surface area is 119 Å². The molecule has 0 aromatic rings. The van der Waals surface area contributed by atoms with Crippen molar-refractivity contribution < 1.29 is 0 Å². The van der Waals surface area contributed by atoms with Crippen LogP contribution in [0.25, 0.3) is 0 Å². The van der Waals surface area contributed by atoms with Crippen molar-refractivity contribution in [3.05, 3.63) is 0 Å². The molecule has 1 saturated heterocycles. The summed E-state index contributed by atoms with van der Waals surface area (Å²) in [5.74, 6) is 0.953. The molecule has 0 amide bonds. The highest BCUT2D eigenvalue weighted by Crippen LogP contribution is 2.40. The highest BCUT2D eigenvalue weighted by atomic mass is 15.3. The first-order valence-corrected chi connectivity index (χ1v) is 8.23. The van der Waals surface area contributed by atoms with Crippen LogP contribution in [0, 0.1) is 5.92 Å². The lowest BCUT2D eigenvalue weighted by Crippen LogP contribution is -2.58. The Kier molecular flexibility index (Phi) is 5.27. The minimum absolute atomic E-state index is 0.322. The van der Waals surface area contributed by atoms with Crippen LogP contribution in [-0.4, -0.2) is 55.1 Å². The van der Waals surface area contributed by atoms with E-state index in [1.54, 1.807) is 0 Å². The van der Waals surface area contributed by atoms with Gasteiger partial charge >= 0.3 is 0 Å². The van der Waals surface area contributed by atoms with E-state index in [2.05, 4.69) is 30.8 Å². The minimum Gasteiger partial charge on any atom is -0.329 e. The summed E-state index contributed by atoms with van der Waals surface area (Å²) in [6.45, 7) is 5.66. The number of nitrogens with zero attached hydrogens (tertiary/aromatic N) is 2. The molecule has 1 saturated carbocycles. The van der Waals surface area contributed by atoms with E-state index in [9.17, 15) is 0 Å². The number of rotatable bonds is 5. The standard InChI is InChI=1S/C16H33N3/c1-4-14-7-9-16(13-17,10-8-14)19-11-5-6-15(19)12-18(2)3/h14-15H,4-13,17H2,1-3H3. The average Bonchev–Trinajstić information content (AvgIpc) is 2.86. The first kappa shape index (κ1) is 15.3. The first-order valence-electron chi connectivity index (χ1n) is 8.23. The zero-order valence-corrected chi connectivity index (χ0v) is 13.2. The van der Waals surface area contributed by atoms with Gasteiger partial charge in [0, 0.05) is 24.7 Å². The molecule has 3 heteroatoms. The Bertz CT molecular complexity index is 269. The zero-order chi connectivity index (χ0) is 13.9. The molecule has 1 aliphatic carbocycles. The van der Waals surface area contributed by atoms with Crippen LogP contribution in [0.3, 0.4) is 0 Å². The van der Waals surface area contributed by atoms with Gasteiger partial charge in [-0.05, 0) is 65.1 Å². The topological polar surface area (TPSA) is 32.5 Å². The van der Waals surface area contributed by atoms with Crippen LogP contribution in [0.1, 0.15) is 51.9 Å². The van der Waals surface area contributed by atoms with Gasteiger partial charge in [0.15, 0.2) is 0 Å². The molecule has 0 aromatic carbocycles. The first-order chi connectivity index (χ1) is 9.11. The maximum atomic E-state index is 6.24. The van der Waals surface area contributed by atoms with E-state index in [4.69, 9.17) is 5.73 Å². The summed E-state index contributed by atoms with van der Waals surface area (Å²) < 4.78 is 0. The highest BCUT2D eigenvalue weighted by Gasteiger charge is 2.43. The molecule has 19 heavy (non-hydrogen) atoms.